The van der Waals surface area contributed by atoms with Gasteiger partial charge in [-0.25, -0.2) is 0 Å². The Morgan fingerprint density at radius 1 is 1.24 bits per heavy atom. The Morgan fingerprint density at radius 2 is 2.03 bits per heavy atom. The third-order valence-corrected chi connectivity index (χ3v) is 7.57. The molecule has 5 rings (SSSR count). The fraction of sp³-hybridized carbons (Fsp3) is 0.481. The molecule has 1 aromatic carbocycles. The van der Waals surface area contributed by atoms with Crippen molar-refractivity contribution in [3.8, 4) is 5.75 Å². The summed E-state index contributed by atoms with van der Waals surface area (Å²) in [4.78, 5) is 29.5. The maximum atomic E-state index is 13.9. The summed E-state index contributed by atoms with van der Waals surface area (Å²) in [5.74, 6) is 0.870. The van der Waals surface area contributed by atoms with Gasteiger partial charge >= 0.3 is 0 Å². The SMILES string of the molecule is CCOc1ccccc1CN1C(=O)c2cc3occc3n2CC1(C)C(=O)NC1CCCCC1C. The molecule has 7 heteroatoms. The van der Waals surface area contributed by atoms with Crippen LogP contribution in [0.1, 0.15) is 62.5 Å². The third kappa shape index (κ3) is 3.77. The lowest BCUT2D eigenvalue weighted by Crippen LogP contribution is -2.65. The summed E-state index contributed by atoms with van der Waals surface area (Å²) in [6.45, 7) is 7.20. The number of nitrogens with zero attached hydrogens (tertiary/aromatic N) is 2. The largest absolute Gasteiger partial charge is 0.494 e. The Bertz CT molecular complexity index is 1210. The first kappa shape index (κ1) is 22.6. The molecule has 2 aromatic heterocycles. The first-order valence-electron chi connectivity index (χ1n) is 12.3. The van der Waals surface area contributed by atoms with Crippen LogP contribution in [0.25, 0.3) is 11.1 Å². The molecule has 1 saturated carbocycles. The molecule has 180 valence electrons. The van der Waals surface area contributed by atoms with Gasteiger partial charge in [-0.15, -0.1) is 0 Å². The summed E-state index contributed by atoms with van der Waals surface area (Å²) in [6, 6.07) is 11.5. The van der Waals surface area contributed by atoms with Crippen molar-refractivity contribution in [2.45, 2.75) is 71.1 Å². The molecule has 1 N–H and O–H groups in total. The van der Waals surface area contributed by atoms with Crippen molar-refractivity contribution < 1.29 is 18.7 Å². The van der Waals surface area contributed by atoms with Crippen LogP contribution in [0.15, 0.2) is 47.1 Å². The zero-order valence-electron chi connectivity index (χ0n) is 20.2. The van der Waals surface area contributed by atoms with Gasteiger partial charge in [0.05, 0.1) is 31.5 Å². The molecule has 3 aromatic rings. The first-order valence-corrected chi connectivity index (χ1v) is 12.3. The average molecular weight is 464 g/mol. The Hall–Kier alpha value is -3.22. The zero-order chi connectivity index (χ0) is 23.9. The van der Waals surface area contributed by atoms with Crippen LogP contribution in [-0.4, -0.2) is 39.5 Å². The number of benzene rings is 1. The summed E-state index contributed by atoms with van der Waals surface area (Å²) >= 11 is 0. The van der Waals surface area contributed by atoms with Crippen LogP contribution in [0.5, 0.6) is 5.75 Å². The highest BCUT2D eigenvalue weighted by Crippen LogP contribution is 2.35. The number of furan rings is 1. The predicted octanol–water partition coefficient (Wildman–Crippen LogP) is 4.74. The Morgan fingerprint density at radius 3 is 2.82 bits per heavy atom. The number of aromatic nitrogens is 1. The number of amides is 2. The highest BCUT2D eigenvalue weighted by Gasteiger charge is 2.48. The predicted molar refractivity (Wildman–Crippen MR) is 130 cm³/mol. The van der Waals surface area contributed by atoms with Gasteiger partial charge in [-0.2, -0.15) is 0 Å². The molecule has 0 bridgehead atoms. The minimum atomic E-state index is -1.07. The van der Waals surface area contributed by atoms with Crippen molar-refractivity contribution in [1.29, 1.82) is 0 Å². The second-order valence-electron chi connectivity index (χ2n) is 9.83. The normalized spacial score (nSPS) is 24.8. The van der Waals surface area contributed by atoms with E-state index in [1.54, 1.807) is 17.2 Å². The number of hydrogen-bond donors (Lipinski definition) is 1. The maximum Gasteiger partial charge on any atom is 0.271 e. The van der Waals surface area contributed by atoms with Gasteiger partial charge in [0.15, 0.2) is 5.58 Å². The Kier molecular flexibility index (Phi) is 5.88. The number of fused-ring (bicyclic) bond motifs is 3. The summed E-state index contributed by atoms with van der Waals surface area (Å²) in [7, 11) is 0. The summed E-state index contributed by atoms with van der Waals surface area (Å²) < 4.78 is 13.3. The number of para-hydroxylation sites is 1. The summed E-state index contributed by atoms with van der Waals surface area (Å²) in [6.07, 6.45) is 6.03. The van der Waals surface area contributed by atoms with Gasteiger partial charge in [-0.3, -0.25) is 9.59 Å². The molecule has 2 aliphatic rings. The fourth-order valence-electron chi connectivity index (χ4n) is 5.48. The van der Waals surface area contributed by atoms with Crippen molar-refractivity contribution in [3.63, 3.8) is 0 Å². The van der Waals surface area contributed by atoms with Gasteiger partial charge in [0.1, 0.15) is 17.0 Å². The Balaban J connectivity index is 1.54. The lowest BCUT2D eigenvalue weighted by Gasteiger charge is -2.45. The smallest absolute Gasteiger partial charge is 0.271 e. The van der Waals surface area contributed by atoms with Crippen LogP contribution < -0.4 is 10.1 Å². The molecular weight excluding hydrogens is 430 g/mol. The van der Waals surface area contributed by atoms with Crippen molar-refractivity contribution >= 4 is 22.9 Å². The van der Waals surface area contributed by atoms with Crippen molar-refractivity contribution in [3.05, 3.63) is 53.9 Å². The van der Waals surface area contributed by atoms with E-state index in [1.165, 1.54) is 6.42 Å². The molecule has 34 heavy (non-hydrogen) atoms. The van der Waals surface area contributed by atoms with E-state index in [1.807, 2.05) is 48.7 Å². The van der Waals surface area contributed by atoms with E-state index in [9.17, 15) is 9.59 Å². The molecule has 1 aliphatic heterocycles. The van der Waals surface area contributed by atoms with E-state index in [0.29, 0.717) is 30.3 Å². The summed E-state index contributed by atoms with van der Waals surface area (Å²) in [5, 5.41) is 3.32. The van der Waals surface area contributed by atoms with Crippen molar-refractivity contribution in [2.24, 2.45) is 5.92 Å². The lowest BCUT2D eigenvalue weighted by atomic mass is 9.85. The van der Waals surface area contributed by atoms with E-state index >= 15 is 0 Å². The van der Waals surface area contributed by atoms with Gasteiger partial charge in [0.25, 0.3) is 5.91 Å². The Labute approximate surface area is 200 Å². The molecule has 0 radical (unpaired) electrons. The van der Waals surface area contributed by atoms with E-state index in [4.69, 9.17) is 9.15 Å². The standard InChI is InChI=1S/C27H33N3O4/c1-4-33-23-12-8-6-10-19(23)16-30-25(31)22-15-24-21(13-14-34-24)29(22)17-27(30,3)26(32)28-20-11-7-5-9-18(20)2/h6,8,10,12-15,18,20H,4-5,7,9,11,16-17H2,1-3H3,(H,28,32). The van der Waals surface area contributed by atoms with Gasteiger partial charge in [0, 0.05) is 23.7 Å². The van der Waals surface area contributed by atoms with E-state index in [-0.39, 0.29) is 24.4 Å². The van der Waals surface area contributed by atoms with Crippen LogP contribution in [0, 0.1) is 5.92 Å². The van der Waals surface area contributed by atoms with Crippen molar-refractivity contribution in [2.75, 3.05) is 6.61 Å². The molecule has 1 fully saturated rings. The number of carbonyl (C=O) groups is 2. The average Bonchev–Trinajstić information content (AvgIpc) is 3.42. The maximum absolute atomic E-state index is 13.9. The van der Waals surface area contributed by atoms with Crippen LogP contribution in [0.3, 0.4) is 0 Å². The van der Waals surface area contributed by atoms with E-state index < -0.39 is 5.54 Å². The fourth-order valence-corrected chi connectivity index (χ4v) is 5.48. The quantitative estimate of drug-likeness (QED) is 0.573. The number of carbonyl (C=O) groups excluding carboxylic acids is 2. The molecule has 0 spiro atoms. The van der Waals surface area contributed by atoms with E-state index in [2.05, 4.69) is 12.2 Å². The van der Waals surface area contributed by atoms with Crippen LogP contribution >= 0.6 is 0 Å². The molecule has 1 aliphatic carbocycles. The molecule has 2 amide bonds. The molecule has 7 nitrogen and oxygen atoms in total. The summed E-state index contributed by atoms with van der Waals surface area (Å²) in [5.41, 5.74) is 1.85. The molecular formula is C27H33N3O4. The first-order chi connectivity index (χ1) is 16.4. The molecule has 0 saturated heterocycles. The minimum absolute atomic E-state index is 0.107. The molecule has 3 unspecified atom stereocenters. The monoisotopic (exact) mass is 463 g/mol. The van der Waals surface area contributed by atoms with Gasteiger partial charge in [-0.1, -0.05) is 38.0 Å². The van der Waals surface area contributed by atoms with Gasteiger partial charge in [-0.05, 0) is 38.7 Å². The number of ether oxygens (including phenoxy) is 1. The topological polar surface area (TPSA) is 76.7 Å². The highest BCUT2D eigenvalue weighted by molar-refractivity contribution is 6.03. The number of hydrogen-bond acceptors (Lipinski definition) is 4. The second kappa shape index (κ2) is 8.85. The van der Waals surface area contributed by atoms with E-state index in [0.717, 1.165) is 36.1 Å². The lowest BCUT2D eigenvalue weighted by molar-refractivity contribution is -0.134. The highest BCUT2D eigenvalue weighted by atomic mass is 16.5. The zero-order valence-corrected chi connectivity index (χ0v) is 20.2. The third-order valence-electron chi connectivity index (χ3n) is 7.57. The van der Waals surface area contributed by atoms with Crippen LogP contribution in [0.2, 0.25) is 0 Å². The molecule has 3 atom stereocenters. The number of rotatable bonds is 6. The van der Waals surface area contributed by atoms with Crippen LogP contribution in [0.4, 0.5) is 0 Å². The van der Waals surface area contributed by atoms with Gasteiger partial charge in [0.2, 0.25) is 5.91 Å². The van der Waals surface area contributed by atoms with Gasteiger partial charge < -0.3 is 23.9 Å². The van der Waals surface area contributed by atoms with Crippen LogP contribution in [-0.2, 0) is 17.9 Å². The minimum Gasteiger partial charge on any atom is -0.494 e. The second-order valence-corrected chi connectivity index (χ2v) is 9.83. The molecule has 3 heterocycles. The van der Waals surface area contributed by atoms with Crippen molar-refractivity contribution in [1.82, 2.24) is 14.8 Å². The number of nitrogens with one attached hydrogen (secondary N) is 1.